The van der Waals surface area contributed by atoms with Crippen LogP contribution in [-0.4, -0.2) is 21.9 Å². The van der Waals surface area contributed by atoms with E-state index in [4.69, 9.17) is 5.11 Å². The van der Waals surface area contributed by atoms with Crippen LogP contribution in [0.4, 0.5) is 5.69 Å². The highest BCUT2D eigenvalue weighted by Gasteiger charge is 2.09. The van der Waals surface area contributed by atoms with Gasteiger partial charge in [-0.05, 0) is 63.2 Å². The molecule has 1 N–H and O–H groups in total. The van der Waals surface area contributed by atoms with Crippen molar-refractivity contribution in [3.8, 4) is 5.69 Å². The van der Waals surface area contributed by atoms with E-state index in [1.54, 1.807) is 24.3 Å². The first-order valence-corrected chi connectivity index (χ1v) is 8.09. The zero-order valence-corrected chi connectivity index (χ0v) is 14.5. The molecule has 0 fully saturated rings. The fourth-order valence-electron chi connectivity index (χ4n) is 2.84. The van der Waals surface area contributed by atoms with Crippen molar-refractivity contribution in [2.45, 2.75) is 20.8 Å². The second kappa shape index (κ2) is 6.77. The number of carbonyl (C=O) groups is 1. The van der Waals surface area contributed by atoms with Crippen molar-refractivity contribution in [3.63, 3.8) is 0 Å². The lowest BCUT2D eigenvalue weighted by atomic mass is 10.2. The van der Waals surface area contributed by atoms with Crippen LogP contribution in [-0.2, 0) is 0 Å². The van der Waals surface area contributed by atoms with E-state index in [0.29, 0.717) is 0 Å². The zero-order chi connectivity index (χ0) is 18.0. The first kappa shape index (κ1) is 16.7. The number of aromatic nitrogens is 1. The average Bonchev–Trinajstić information content (AvgIpc) is 2.88. The van der Waals surface area contributed by atoms with Crippen molar-refractivity contribution in [2.24, 2.45) is 4.99 Å². The van der Waals surface area contributed by atoms with Gasteiger partial charge in [0.25, 0.3) is 0 Å². The van der Waals surface area contributed by atoms with Crippen LogP contribution in [0.2, 0.25) is 0 Å². The lowest BCUT2D eigenvalue weighted by Gasteiger charge is -2.09. The van der Waals surface area contributed by atoms with E-state index in [-0.39, 0.29) is 5.56 Å². The summed E-state index contributed by atoms with van der Waals surface area (Å²) in [6.07, 6.45) is 1.82. The van der Waals surface area contributed by atoms with Gasteiger partial charge in [0.05, 0.1) is 11.3 Å². The minimum atomic E-state index is -0.933. The third-order valence-electron chi connectivity index (χ3n) is 4.23. The topological polar surface area (TPSA) is 54.6 Å². The highest BCUT2D eigenvalue weighted by Crippen LogP contribution is 2.21. The van der Waals surface area contributed by atoms with Gasteiger partial charge < -0.3 is 9.67 Å². The van der Waals surface area contributed by atoms with Crippen LogP contribution in [0, 0.1) is 20.8 Å². The second-order valence-corrected chi connectivity index (χ2v) is 6.11. The molecule has 126 valence electrons. The lowest BCUT2D eigenvalue weighted by Crippen LogP contribution is -1.99. The molecular formula is C21H20N2O2. The Morgan fingerprint density at radius 1 is 1.00 bits per heavy atom. The molecule has 4 heteroatoms. The Balaban J connectivity index is 1.89. The van der Waals surface area contributed by atoms with E-state index in [1.807, 2.05) is 6.21 Å². The van der Waals surface area contributed by atoms with Gasteiger partial charge in [0.15, 0.2) is 0 Å². The van der Waals surface area contributed by atoms with Gasteiger partial charge in [-0.15, -0.1) is 0 Å². The number of carboxylic acid groups (broad SMARTS) is 1. The number of aromatic carboxylic acids is 1. The fourth-order valence-corrected chi connectivity index (χ4v) is 2.84. The van der Waals surface area contributed by atoms with Crippen molar-refractivity contribution in [1.29, 1.82) is 0 Å². The maximum absolute atomic E-state index is 10.9. The molecular weight excluding hydrogens is 312 g/mol. The summed E-state index contributed by atoms with van der Waals surface area (Å²) >= 11 is 0. The number of aryl methyl sites for hydroxylation is 2. The highest BCUT2D eigenvalue weighted by atomic mass is 16.4. The highest BCUT2D eigenvalue weighted by molar-refractivity contribution is 5.88. The van der Waals surface area contributed by atoms with E-state index in [1.165, 1.54) is 5.56 Å². The molecule has 0 amide bonds. The second-order valence-electron chi connectivity index (χ2n) is 6.11. The van der Waals surface area contributed by atoms with Crippen molar-refractivity contribution in [2.75, 3.05) is 0 Å². The number of nitrogens with zero attached hydrogens (tertiary/aromatic N) is 2. The van der Waals surface area contributed by atoms with Crippen LogP contribution in [0.5, 0.6) is 0 Å². The van der Waals surface area contributed by atoms with Gasteiger partial charge in [-0.2, -0.15) is 0 Å². The number of carboxylic acids is 1. The van der Waals surface area contributed by atoms with Crippen molar-refractivity contribution in [1.82, 2.24) is 4.57 Å². The molecule has 3 aromatic rings. The molecule has 0 unspecified atom stereocenters. The summed E-state index contributed by atoms with van der Waals surface area (Å²) in [4.78, 5) is 15.4. The van der Waals surface area contributed by atoms with E-state index in [9.17, 15) is 4.79 Å². The van der Waals surface area contributed by atoms with Gasteiger partial charge in [0, 0.05) is 28.9 Å². The van der Waals surface area contributed by atoms with E-state index in [2.05, 4.69) is 60.7 Å². The van der Waals surface area contributed by atoms with Gasteiger partial charge in [-0.25, -0.2) is 4.79 Å². The van der Waals surface area contributed by atoms with Gasteiger partial charge >= 0.3 is 5.97 Å². The quantitative estimate of drug-likeness (QED) is 0.694. The molecule has 0 aliphatic rings. The van der Waals surface area contributed by atoms with E-state index in [0.717, 1.165) is 28.3 Å². The molecule has 0 saturated carbocycles. The van der Waals surface area contributed by atoms with Gasteiger partial charge in [-0.3, -0.25) is 4.99 Å². The zero-order valence-electron chi connectivity index (χ0n) is 14.5. The molecule has 1 aromatic heterocycles. The summed E-state index contributed by atoms with van der Waals surface area (Å²) in [5.41, 5.74) is 6.65. The van der Waals surface area contributed by atoms with Crippen molar-refractivity contribution < 1.29 is 9.90 Å². The predicted molar refractivity (Wildman–Crippen MR) is 101 cm³/mol. The maximum Gasteiger partial charge on any atom is 0.335 e. The Bertz CT molecular complexity index is 933. The molecule has 0 atom stereocenters. The Morgan fingerprint density at radius 3 is 2.24 bits per heavy atom. The molecule has 2 aromatic carbocycles. The molecule has 0 aliphatic carbocycles. The van der Waals surface area contributed by atoms with E-state index >= 15 is 0 Å². The third-order valence-corrected chi connectivity index (χ3v) is 4.23. The summed E-state index contributed by atoms with van der Waals surface area (Å²) in [6.45, 7) is 6.22. The average molecular weight is 332 g/mol. The lowest BCUT2D eigenvalue weighted by molar-refractivity contribution is 0.0697. The number of aliphatic imine (C=N–C) groups is 1. The van der Waals surface area contributed by atoms with Gasteiger partial charge in [0.2, 0.25) is 0 Å². The molecule has 1 heterocycles. The number of rotatable bonds is 4. The summed E-state index contributed by atoms with van der Waals surface area (Å²) < 4.78 is 2.20. The monoisotopic (exact) mass is 332 g/mol. The standard InChI is InChI=1S/C21H20N2O2/c1-14-4-10-20(11-5-14)23-15(2)12-18(16(23)3)13-22-19-8-6-17(7-9-19)21(24)25/h4-13H,1-3H3,(H,24,25). The van der Waals surface area contributed by atoms with Crippen LogP contribution in [0.1, 0.15) is 32.9 Å². The van der Waals surface area contributed by atoms with Crippen LogP contribution in [0.15, 0.2) is 59.6 Å². The molecule has 0 aliphatic heterocycles. The third kappa shape index (κ3) is 3.53. The normalized spacial score (nSPS) is 11.2. The summed E-state index contributed by atoms with van der Waals surface area (Å²) in [6, 6.07) is 17.1. The SMILES string of the molecule is Cc1ccc(-n2c(C)cc(C=Nc3ccc(C(=O)O)cc3)c2C)cc1. The molecule has 0 spiro atoms. The maximum atomic E-state index is 10.9. The van der Waals surface area contributed by atoms with Gasteiger partial charge in [0.1, 0.15) is 0 Å². The summed E-state index contributed by atoms with van der Waals surface area (Å²) in [7, 11) is 0. The Hall–Kier alpha value is -3.14. The summed E-state index contributed by atoms with van der Waals surface area (Å²) in [5, 5.41) is 8.94. The first-order valence-electron chi connectivity index (χ1n) is 8.09. The van der Waals surface area contributed by atoms with E-state index < -0.39 is 5.97 Å². The molecule has 4 nitrogen and oxygen atoms in total. The summed E-state index contributed by atoms with van der Waals surface area (Å²) in [5.74, 6) is -0.933. The largest absolute Gasteiger partial charge is 0.478 e. The van der Waals surface area contributed by atoms with Crippen LogP contribution in [0.25, 0.3) is 5.69 Å². The van der Waals surface area contributed by atoms with Crippen LogP contribution < -0.4 is 0 Å². The smallest absolute Gasteiger partial charge is 0.335 e. The molecule has 0 radical (unpaired) electrons. The number of benzene rings is 2. The molecule has 0 saturated heterocycles. The molecule has 3 rings (SSSR count). The number of hydrogen-bond donors (Lipinski definition) is 1. The Morgan fingerprint density at radius 2 is 1.64 bits per heavy atom. The Kier molecular flexibility index (Phi) is 4.52. The van der Waals surface area contributed by atoms with Gasteiger partial charge in [-0.1, -0.05) is 17.7 Å². The first-order chi connectivity index (χ1) is 12.0. The van der Waals surface area contributed by atoms with Crippen LogP contribution >= 0.6 is 0 Å². The number of hydrogen-bond acceptors (Lipinski definition) is 2. The van der Waals surface area contributed by atoms with Crippen molar-refractivity contribution in [3.05, 3.63) is 82.7 Å². The van der Waals surface area contributed by atoms with Crippen LogP contribution in [0.3, 0.4) is 0 Å². The van der Waals surface area contributed by atoms with Crippen molar-refractivity contribution >= 4 is 17.9 Å². The molecule has 0 bridgehead atoms. The predicted octanol–water partition coefficient (Wildman–Crippen LogP) is 4.85. The fraction of sp³-hybridized carbons (Fsp3) is 0.143. The minimum absolute atomic E-state index is 0.261. The Labute approximate surface area is 147 Å². The minimum Gasteiger partial charge on any atom is -0.478 e. The molecule has 25 heavy (non-hydrogen) atoms.